The van der Waals surface area contributed by atoms with Gasteiger partial charge in [0.2, 0.25) is 0 Å². The van der Waals surface area contributed by atoms with Crippen LogP contribution in [0.4, 0.5) is 5.69 Å². The number of rotatable bonds is 5. The molecule has 2 aromatic carbocycles. The molecule has 0 aliphatic rings. The lowest BCUT2D eigenvalue weighted by molar-refractivity contribution is -0.386. The van der Waals surface area contributed by atoms with Gasteiger partial charge in [-0.15, -0.1) is 0 Å². The summed E-state index contributed by atoms with van der Waals surface area (Å²) in [5.41, 5.74) is 1.38. The topological polar surface area (TPSA) is 91.6 Å². The molecular formula is C18H14N2O5. The molecule has 25 heavy (non-hydrogen) atoms. The van der Waals surface area contributed by atoms with Gasteiger partial charge >= 0.3 is 11.7 Å². The molecule has 1 aromatic heterocycles. The second kappa shape index (κ2) is 6.96. The predicted octanol–water partition coefficient (Wildman–Crippen LogP) is 3.51. The van der Waals surface area contributed by atoms with Gasteiger partial charge in [-0.3, -0.25) is 15.1 Å². The van der Waals surface area contributed by atoms with E-state index in [1.165, 1.54) is 19.2 Å². The van der Waals surface area contributed by atoms with Gasteiger partial charge in [-0.25, -0.2) is 4.79 Å². The predicted molar refractivity (Wildman–Crippen MR) is 90.5 cm³/mol. The molecule has 0 radical (unpaired) electrons. The number of hydrogen-bond donors (Lipinski definition) is 0. The molecule has 0 bridgehead atoms. The number of nitrogens with zero attached hydrogens (tertiary/aromatic N) is 2. The summed E-state index contributed by atoms with van der Waals surface area (Å²) in [5, 5.41) is 12.2. The summed E-state index contributed by atoms with van der Waals surface area (Å²) in [4.78, 5) is 26.5. The highest BCUT2D eigenvalue weighted by Gasteiger charge is 2.19. The molecule has 0 spiro atoms. The number of nitro benzene ring substituents is 1. The van der Waals surface area contributed by atoms with Crippen LogP contribution in [0.5, 0.6) is 5.75 Å². The quantitative estimate of drug-likeness (QED) is 0.401. The molecule has 3 rings (SSSR count). The molecule has 126 valence electrons. The fourth-order valence-electron chi connectivity index (χ4n) is 2.47. The Morgan fingerprint density at radius 3 is 2.76 bits per heavy atom. The molecule has 7 nitrogen and oxygen atoms in total. The van der Waals surface area contributed by atoms with E-state index in [9.17, 15) is 14.9 Å². The minimum Gasteiger partial charge on any atom is -0.482 e. The van der Waals surface area contributed by atoms with E-state index in [1.807, 2.05) is 30.3 Å². The van der Waals surface area contributed by atoms with Crippen LogP contribution in [0, 0.1) is 10.1 Å². The first-order valence-electron chi connectivity index (χ1n) is 7.42. The van der Waals surface area contributed by atoms with Gasteiger partial charge in [-0.2, -0.15) is 0 Å². The highest BCUT2D eigenvalue weighted by Crippen LogP contribution is 2.29. The van der Waals surface area contributed by atoms with Gasteiger partial charge in [0, 0.05) is 23.2 Å². The summed E-state index contributed by atoms with van der Waals surface area (Å²) < 4.78 is 10.2. The number of fused-ring (bicyclic) bond motifs is 1. The zero-order chi connectivity index (χ0) is 17.8. The van der Waals surface area contributed by atoms with E-state index < -0.39 is 10.9 Å². The van der Waals surface area contributed by atoms with Gasteiger partial charge in [0.15, 0.2) is 5.75 Å². The number of methoxy groups -OCH3 is 1. The number of carbonyl (C=O) groups is 1. The van der Waals surface area contributed by atoms with Crippen LogP contribution < -0.4 is 4.74 Å². The highest BCUT2D eigenvalue weighted by atomic mass is 16.6. The fraction of sp³-hybridized carbons (Fsp3) is 0.111. The van der Waals surface area contributed by atoms with Crippen molar-refractivity contribution in [2.24, 2.45) is 0 Å². The number of para-hydroxylation sites is 1. The van der Waals surface area contributed by atoms with Crippen LogP contribution in [-0.4, -0.2) is 23.0 Å². The first kappa shape index (κ1) is 16.4. The van der Waals surface area contributed by atoms with E-state index in [4.69, 9.17) is 4.74 Å². The monoisotopic (exact) mass is 338 g/mol. The van der Waals surface area contributed by atoms with Crippen LogP contribution in [0.3, 0.4) is 0 Å². The van der Waals surface area contributed by atoms with E-state index >= 15 is 0 Å². The third kappa shape index (κ3) is 3.40. The molecule has 0 atom stereocenters. The largest absolute Gasteiger partial charge is 0.482 e. The molecule has 0 unspecified atom stereocenters. The normalized spacial score (nSPS) is 10.4. The Hall–Kier alpha value is -3.48. The number of benzene rings is 2. The minimum absolute atomic E-state index is 0.0746. The van der Waals surface area contributed by atoms with Crippen LogP contribution in [0.2, 0.25) is 0 Å². The fourth-order valence-corrected chi connectivity index (χ4v) is 2.47. The van der Waals surface area contributed by atoms with Gasteiger partial charge in [0.1, 0.15) is 6.61 Å². The lowest BCUT2D eigenvalue weighted by atomic mass is 10.1. The third-order valence-electron chi connectivity index (χ3n) is 3.68. The van der Waals surface area contributed by atoms with Crippen LogP contribution in [0.15, 0.2) is 54.7 Å². The van der Waals surface area contributed by atoms with Crippen LogP contribution in [0.25, 0.3) is 10.9 Å². The highest BCUT2D eigenvalue weighted by molar-refractivity contribution is 5.90. The zero-order valence-corrected chi connectivity index (χ0v) is 13.3. The molecule has 0 fully saturated rings. The van der Waals surface area contributed by atoms with Crippen molar-refractivity contribution in [3.8, 4) is 5.75 Å². The van der Waals surface area contributed by atoms with Crippen molar-refractivity contribution in [2.45, 2.75) is 6.61 Å². The lowest BCUT2D eigenvalue weighted by Crippen LogP contribution is -2.04. The van der Waals surface area contributed by atoms with Crippen molar-refractivity contribution < 1.29 is 19.2 Å². The molecule has 0 aliphatic heterocycles. The summed E-state index contributed by atoms with van der Waals surface area (Å²) in [6, 6.07) is 13.4. The Kier molecular flexibility index (Phi) is 4.56. The van der Waals surface area contributed by atoms with E-state index in [1.54, 1.807) is 6.20 Å². The number of aromatic nitrogens is 1. The van der Waals surface area contributed by atoms with Crippen LogP contribution in [0.1, 0.15) is 15.9 Å². The maximum atomic E-state index is 11.5. The molecule has 0 saturated carbocycles. The zero-order valence-electron chi connectivity index (χ0n) is 13.3. The average molecular weight is 338 g/mol. The molecule has 0 saturated heterocycles. The Morgan fingerprint density at radius 2 is 2.00 bits per heavy atom. The Balaban J connectivity index is 1.90. The van der Waals surface area contributed by atoms with Crippen molar-refractivity contribution in [1.82, 2.24) is 4.98 Å². The standard InChI is InChI=1S/C18H14N2O5/c1-24-18(21)13-7-8-16(15(10-13)20(22)23)25-11-14-5-2-4-12-6-3-9-19-17(12)14/h2-10H,11H2,1H3. The minimum atomic E-state index is -0.645. The average Bonchev–Trinajstić information content (AvgIpc) is 2.65. The molecule has 0 amide bonds. The number of hydrogen-bond acceptors (Lipinski definition) is 6. The van der Waals surface area contributed by atoms with Crippen molar-refractivity contribution in [3.63, 3.8) is 0 Å². The van der Waals surface area contributed by atoms with E-state index in [0.29, 0.717) is 0 Å². The second-order valence-electron chi connectivity index (χ2n) is 5.21. The summed E-state index contributed by atoms with van der Waals surface area (Å²) in [6.45, 7) is 0.118. The van der Waals surface area contributed by atoms with Gasteiger partial charge in [-0.1, -0.05) is 24.3 Å². The number of ether oxygens (including phenoxy) is 2. The maximum Gasteiger partial charge on any atom is 0.338 e. The van der Waals surface area contributed by atoms with E-state index in [2.05, 4.69) is 9.72 Å². The Labute approximate surface area is 143 Å². The van der Waals surface area contributed by atoms with Crippen molar-refractivity contribution in [3.05, 3.63) is 76.0 Å². The Morgan fingerprint density at radius 1 is 1.20 bits per heavy atom. The van der Waals surface area contributed by atoms with E-state index in [0.717, 1.165) is 22.5 Å². The molecule has 3 aromatic rings. The van der Waals surface area contributed by atoms with Crippen molar-refractivity contribution >= 4 is 22.6 Å². The first-order chi connectivity index (χ1) is 12.1. The van der Waals surface area contributed by atoms with Crippen molar-refractivity contribution in [1.29, 1.82) is 0 Å². The summed E-state index contributed by atoms with van der Waals surface area (Å²) >= 11 is 0. The first-order valence-corrected chi connectivity index (χ1v) is 7.42. The Bertz CT molecular complexity index is 950. The SMILES string of the molecule is COC(=O)c1ccc(OCc2cccc3cccnc23)c([N+](=O)[O-])c1. The van der Waals surface area contributed by atoms with Gasteiger partial charge in [-0.05, 0) is 18.2 Å². The summed E-state index contributed by atoms with van der Waals surface area (Å²) in [6.07, 6.45) is 1.68. The molecule has 0 N–H and O–H groups in total. The van der Waals surface area contributed by atoms with E-state index in [-0.39, 0.29) is 23.6 Å². The van der Waals surface area contributed by atoms with Crippen LogP contribution in [-0.2, 0) is 11.3 Å². The molecule has 7 heteroatoms. The smallest absolute Gasteiger partial charge is 0.338 e. The summed E-state index contributed by atoms with van der Waals surface area (Å²) in [5.74, 6) is -0.571. The third-order valence-corrected chi connectivity index (χ3v) is 3.68. The van der Waals surface area contributed by atoms with Gasteiger partial charge < -0.3 is 9.47 Å². The van der Waals surface area contributed by atoms with Gasteiger partial charge in [0.05, 0.1) is 23.1 Å². The molecule has 1 heterocycles. The number of esters is 1. The lowest BCUT2D eigenvalue weighted by Gasteiger charge is -2.09. The number of nitro groups is 1. The second-order valence-corrected chi connectivity index (χ2v) is 5.21. The molecular weight excluding hydrogens is 324 g/mol. The van der Waals surface area contributed by atoms with Crippen LogP contribution >= 0.6 is 0 Å². The number of pyridine rings is 1. The molecule has 0 aliphatic carbocycles. The number of carbonyl (C=O) groups excluding carboxylic acids is 1. The maximum absolute atomic E-state index is 11.5. The van der Waals surface area contributed by atoms with Crippen molar-refractivity contribution in [2.75, 3.05) is 7.11 Å². The van der Waals surface area contributed by atoms with Gasteiger partial charge in [0.25, 0.3) is 0 Å². The summed E-state index contributed by atoms with van der Waals surface area (Å²) in [7, 11) is 1.21.